The molecule has 0 aliphatic heterocycles. The molecule has 0 fully saturated rings. The molecule has 1 aliphatic rings. The molecule has 23 heavy (non-hydrogen) atoms. The van der Waals surface area contributed by atoms with Gasteiger partial charge in [-0.1, -0.05) is 11.6 Å². The highest BCUT2D eigenvalue weighted by Crippen LogP contribution is 2.36. The van der Waals surface area contributed by atoms with Crippen LogP contribution in [0.15, 0.2) is 16.9 Å². The Kier molecular flexibility index (Phi) is 4.43. The van der Waals surface area contributed by atoms with Crippen LogP contribution in [-0.2, 0) is 12.8 Å². The Hall–Kier alpha value is -2.21. The van der Waals surface area contributed by atoms with Gasteiger partial charge >= 0.3 is 0 Å². The van der Waals surface area contributed by atoms with Gasteiger partial charge < -0.3 is 14.8 Å². The summed E-state index contributed by atoms with van der Waals surface area (Å²) < 4.78 is 10.5. The Morgan fingerprint density at radius 2 is 1.91 bits per heavy atom. The number of anilines is 2. The highest BCUT2D eigenvalue weighted by molar-refractivity contribution is 6.32. The van der Waals surface area contributed by atoms with Gasteiger partial charge in [-0.15, -0.1) is 0 Å². The number of hydrogen-bond acceptors (Lipinski definition) is 5. The molecule has 0 amide bonds. The van der Waals surface area contributed by atoms with Crippen molar-refractivity contribution in [2.45, 2.75) is 25.7 Å². The topological polar surface area (TPSA) is 76.2 Å². The number of aromatic nitrogens is 2. The number of nitrogens with zero attached hydrogens (tertiary/aromatic N) is 1. The lowest BCUT2D eigenvalue weighted by molar-refractivity contribution is 0.405. The number of halogens is 1. The molecule has 2 N–H and O–H groups in total. The van der Waals surface area contributed by atoms with Gasteiger partial charge in [-0.25, -0.2) is 4.98 Å². The van der Waals surface area contributed by atoms with E-state index in [0.717, 1.165) is 36.9 Å². The zero-order valence-electron chi connectivity index (χ0n) is 13.0. The van der Waals surface area contributed by atoms with Gasteiger partial charge in [0.1, 0.15) is 11.5 Å². The summed E-state index contributed by atoms with van der Waals surface area (Å²) in [6, 6.07) is 3.36. The molecule has 2 aromatic rings. The van der Waals surface area contributed by atoms with Crippen LogP contribution < -0.4 is 20.3 Å². The van der Waals surface area contributed by atoms with Crippen molar-refractivity contribution in [2.24, 2.45) is 0 Å². The van der Waals surface area contributed by atoms with E-state index in [1.165, 1.54) is 7.11 Å². The lowest BCUT2D eigenvalue weighted by atomic mass is 9.97. The number of aromatic amines is 1. The number of ether oxygens (including phenoxy) is 2. The van der Waals surface area contributed by atoms with E-state index in [9.17, 15) is 4.79 Å². The maximum atomic E-state index is 12.2. The lowest BCUT2D eigenvalue weighted by Gasteiger charge is -2.16. The third-order valence-corrected chi connectivity index (χ3v) is 4.21. The van der Waals surface area contributed by atoms with Crippen LogP contribution >= 0.6 is 11.6 Å². The molecule has 1 aromatic carbocycles. The average Bonchev–Trinajstić information content (AvgIpc) is 2.56. The molecular formula is C16H18ClN3O3. The van der Waals surface area contributed by atoms with E-state index in [2.05, 4.69) is 15.3 Å². The van der Waals surface area contributed by atoms with E-state index >= 15 is 0 Å². The summed E-state index contributed by atoms with van der Waals surface area (Å²) in [5.41, 5.74) is 2.19. The van der Waals surface area contributed by atoms with Gasteiger partial charge in [-0.3, -0.25) is 9.78 Å². The zero-order valence-corrected chi connectivity index (χ0v) is 13.8. The molecule has 0 atom stereocenters. The van der Waals surface area contributed by atoms with Crippen LogP contribution in [0, 0.1) is 0 Å². The number of fused-ring (bicyclic) bond motifs is 1. The third-order valence-electron chi connectivity index (χ3n) is 3.92. The average molecular weight is 336 g/mol. The molecule has 0 saturated heterocycles. The zero-order chi connectivity index (χ0) is 16.4. The summed E-state index contributed by atoms with van der Waals surface area (Å²) in [6.45, 7) is 0. The normalized spacial score (nSPS) is 13.3. The smallest absolute Gasteiger partial charge is 0.255 e. The monoisotopic (exact) mass is 335 g/mol. The first kappa shape index (κ1) is 15.7. The standard InChI is InChI=1S/C16H18ClN3O3/c1-22-13-8-12(14(23-2)7-10(13)17)19-16-18-11-6-4-3-5-9(11)15(21)20-16/h7-8H,3-6H2,1-2H3,(H2,18,19,20,21). The molecule has 6 nitrogen and oxygen atoms in total. The van der Waals surface area contributed by atoms with Gasteiger partial charge in [0.15, 0.2) is 0 Å². The van der Waals surface area contributed by atoms with Crippen LogP contribution in [0.3, 0.4) is 0 Å². The van der Waals surface area contributed by atoms with E-state index in [1.807, 2.05) is 0 Å². The molecule has 3 rings (SSSR count). The van der Waals surface area contributed by atoms with Gasteiger partial charge in [-0.2, -0.15) is 0 Å². The summed E-state index contributed by atoms with van der Waals surface area (Å²) in [5, 5.41) is 3.53. The Morgan fingerprint density at radius 3 is 2.65 bits per heavy atom. The fourth-order valence-electron chi connectivity index (χ4n) is 2.75. The summed E-state index contributed by atoms with van der Waals surface area (Å²) in [5.74, 6) is 1.43. The Bertz CT molecular complexity index is 789. The Labute approximate surface area is 138 Å². The van der Waals surface area contributed by atoms with Gasteiger partial charge in [0.25, 0.3) is 5.56 Å². The molecule has 0 saturated carbocycles. The van der Waals surface area contributed by atoms with Crippen LogP contribution in [0.25, 0.3) is 0 Å². The number of benzene rings is 1. The number of H-pyrrole nitrogens is 1. The van der Waals surface area contributed by atoms with Crippen molar-refractivity contribution in [2.75, 3.05) is 19.5 Å². The largest absolute Gasteiger partial charge is 0.495 e. The number of aryl methyl sites for hydroxylation is 1. The van der Waals surface area contributed by atoms with E-state index in [4.69, 9.17) is 21.1 Å². The van der Waals surface area contributed by atoms with E-state index in [1.54, 1.807) is 19.2 Å². The van der Waals surface area contributed by atoms with Crippen molar-refractivity contribution >= 4 is 23.2 Å². The summed E-state index contributed by atoms with van der Waals surface area (Å²) in [7, 11) is 3.09. The number of nitrogens with one attached hydrogen (secondary N) is 2. The molecule has 1 heterocycles. The minimum absolute atomic E-state index is 0.0860. The number of rotatable bonds is 4. The fraction of sp³-hybridized carbons (Fsp3) is 0.375. The van der Waals surface area contributed by atoms with Crippen LogP contribution in [-0.4, -0.2) is 24.2 Å². The summed E-state index contributed by atoms with van der Waals surface area (Å²) in [4.78, 5) is 19.5. The van der Waals surface area contributed by atoms with Crippen LogP contribution in [0.5, 0.6) is 11.5 Å². The molecule has 1 aromatic heterocycles. The minimum atomic E-state index is -0.0860. The molecule has 0 spiro atoms. The SMILES string of the molecule is COc1cc(Nc2nc3c(c(=O)[nH]2)CCCC3)c(OC)cc1Cl. The number of hydrogen-bond donors (Lipinski definition) is 2. The highest BCUT2D eigenvalue weighted by Gasteiger charge is 2.17. The lowest BCUT2D eigenvalue weighted by Crippen LogP contribution is -2.22. The van der Waals surface area contributed by atoms with Gasteiger partial charge in [-0.05, 0) is 25.7 Å². The van der Waals surface area contributed by atoms with E-state index < -0.39 is 0 Å². The first-order valence-corrected chi connectivity index (χ1v) is 7.80. The molecule has 122 valence electrons. The van der Waals surface area contributed by atoms with Crippen molar-refractivity contribution < 1.29 is 9.47 Å². The van der Waals surface area contributed by atoms with Gasteiger partial charge in [0.2, 0.25) is 5.95 Å². The van der Waals surface area contributed by atoms with Crippen LogP contribution in [0.2, 0.25) is 5.02 Å². The van der Waals surface area contributed by atoms with Crippen molar-refractivity contribution in [3.63, 3.8) is 0 Å². The molecule has 0 radical (unpaired) electrons. The Balaban J connectivity index is 1.99. The van der Waals surface area contributed by atoms with Gasteiger partial charge in [0, 0.05) is 17.7 Å². The molecule has 0 bridgehead atoms. The quantitative estimate of drug-likeness (QED) is 0.898. The van der Waals surface area contributed by atoms with E-state index in [-0.39, 0.29) is 5.56 Å². The van der Waals surface area contributed by atoms with Crippen LogP contribution in [0.1, 0.15) is 24.1 Å². The first-order valence-electron chi connectivity index (χ1n) is 7.43. The first-order chi connectivity index (χ1) is 11.1. The van der Waals surface area contributed by atoms with Crippen molar-refractivity contribution in [3.05, 3.63) is 38.8 Å². The van der Waals surface area contributed by atoms with E-state index in [0.29, 0.717) is 28.2 Å². The van der Waals surface area contributed by atoms with Crippen molar-refractivity contribution in [3.8, 4) is 11.5 Å². The van der Waals surface area contributed by atoms with Crippen molar-refractivity contribution in [1.29, 1.82) is 0 Å². The molecule has 7 heteroatoms. The predicted molar refractivity (Wildman–Crippen MR) is 89.3 cm³/mol. The predicted octanol–water partition coefficient (Wildman–Crippen LogP) is 3.06. The molecule has 0 unspecified atom stereocenters. The second-order valence-corrected chi connectivity index (χ2v) is 5.77. The van der Waals surface area contributed by atoms with Crippen molar-refractivity contribution in [1.82, 2.24) is 9.97 Å². The summed E-state index contributed by atoms with van der Waals surface area (Å²) in [6.07, 6.45) is 3.71. The second-order valence-electron chi connectivity index (χ2n) is 5.36. The van der Waals surface area contributed by atoms with Crippen LogP contribution in [0.4, 0.5) is 11.6 Å². The maximum Gasteiger partial charge on any atom is 0.255 e. The summed E-state index contributed by atoms with van der Waals surface area (Å²) >= 11 is 6.10. The Morgan fingerprint density at radius 1 is 1.17 bits per heavy atom. The maximum absolute atomic E-state index is 12.2. The molecule has 1 aliphatic carbocycles. The van der Waals surface area contributed by atoms with Gasteiger partial charge in [0.05, 0.1) is 30.6 Å². The minimum Gasteiger partial charge on any atom is -0.495 e. The fourth-order valence-corrected chi connectivity index (χ4v) is 2.98. The third kappa shape index (κ3) is 3.12. The number of methoxy groups -OCH3 is 2. The molecular weight excluding hydrogens is 318 g/mol. The highest BCUT2D eigenvalue weighted by atomic mass is 35.5. The second kappa shape index (κ2) is 6.50.